The van der Waals surface area contributed by atoms with Crippen LogP contribution >= 0.6 is 0 Å². The van der Waals surface area contributed by atoms with Crippen molar-refractivity contribution in [1.82, 2.24) is 10.2 Å². The van der Waals surface area contributed by atoms with E-state index in [2.05, 4.69) is 5.32 Å². The monoisotopic (exact) mass is 374 g/mol. The molecule has 2 rings (SSSR count). The number of nitrogens with one attached hydrogen (secondary N) is 1. The summed E-state index contributed by atoms with van der Waals surface area (Å²) < 4.78 is 42.9. The molecule has 2 amide bonds. The molecule has 1 aliphatic rings. The summed E-state index contributed by atoms with van der Waals surface area (Å²) in [4.78, 5) is 25.0. The van der Waals surface area contributed by atoms with E-state index in [1.54, 1.807) is 0 Å². The SMILES string of the molecule is COCCNC(=O)N1CC(C(=O)O)CC(c2ccc(C(F)(F)F)cc2)C1. The fourth-order valence-electron chi connectivity index (χ4n) is 3.00. The lowest BCUT2D eigenvalue weighted by Crippen LogP contribution is -2.49. The van der Waals surface area contributed by atoms with Crippen LogP contribution in [-0.2, 0) is 15.7 Å². The number of carbonyl (C=O) groups excluding carboxylic acids is 1. The molecule has 0 bridgehead atoms. The molecule has 0 aliphatic carbocycles. The highest BCUT2D eigenvalue weighted by atomic mass is 19.4. The van der Waals surface area contributed by atoms with Crippen LogP contribution in [0, 0.1) is 5.92 Å². The van der Waals surface area contributed by atoms with Gasteiger partial charge in [0.25, 0.3) is 0 Å². The summed E-state index contributed by atoms with van der Waals surface area (Å²) in [5.74, 6) is -2.15. The van der Waals surface area contributed by atoms with Gasteiger partial charge in [0.2, 0.25) is 0 Å². The molecule has 0 aromatic heterocycles. The maximum Gasteiger partial charge on any atom is 0.416 e. The lowest BCUT2D eigenvalue weighted by molar-refractivity contribution is -0.143. The van der Waals surface area contributed by atoms with Gasteiger partial charge >= 0.3 is 18.2 Å². The van der Waals surface area contributed by atoms with Crippen LogP contribution in [0.4, 0.5) is 18.0 Å². The van der Waals surface area contributed by atoms with Crippen molar-refractivity contribution >= 4 is 12.0 Å². The summed E-state index contributed by atoms with van der Waals surface area (Å²) in [5.41, 5.74) is -0.181. The van der Waals surface area contributed by atoms with Gasteiger partial charge in [-0.3, -0.25) is 4.79 Å². The molecule has 26 heavy (non-hydrogen) atoms. The zero-order valence-corrected chi connectivity index (χ0v) is 14.3. The van der Waals surface area contributed by atoms with Crippen molar-refractivity contribution < 1.29 is 32.6 Å². The molecule has 2 N–H and O–H groups in total. The maximum absolute atomic E-state index is 12.7. The van der Waals surface area contributed by atoms with Crippen LogP contribution in [0.5, 0.6) is 0 Å². The van der Waals surface area contributed by atoms with Gasteiger partial charge < -0.3 is 20.1 Å². The Hall–Kier alpha value is -2.29. The number of piperidine rings is 1. The second-order valence-corrected chi connectivity index (χ2v) is 6.22. The van der Waals surface area contributed by atoms with Crippen molar-refractivity contribution in [1.29, 1.82) is 0 Å². The van der Waals surface area contributed by atoms with E-state index in [0.29, 0.717) is 12.2 Å². The van der Waals surface area contributed by atoms with Crippen molar-refractivity contribution in [3.63, 3.8) is 0 Å². The summed E-state index contributed by atoms with van der Waals surface area (Å²) in [5, 5.41) is 12.0. The third kappa shape index (κ3) is 5.10. The Labute approximate surface area is 148 Å². The Kier molecular flexibility index (Phi) is 6.47. The van der Waals surface area contributed by atoms with Gasteiger partial charge in [-0.05, 0) is 24.1 Å². The number of carboxylic acids is 1. The number of carbonyl (C=O) groups is 2. The summed E-state index contributed by atoms with van der Waals surface area (Å²) in [6.07, 6.45) is -4.16. The highest BCUT2D eigenvalue weighted by Crippen LogP contribution is 2.34. The molecular formula is C17H21F3N2O4. The Morgan fingerprint density at radius 1 is 1.27 bits per heavy atom. The highest BCUT2D eigenvalue weighted by Gasteiger charge is 2.35. The molecule has 1 fully saturated rings. The number of hydrogen-bond donors (Lipinski definition) is 2. The van der Waals surface area contributed by atoms with Crippen molar-refractivity contribution in [2.24, 2.45) is 5.92 Å². The summed E-state index contributed by atoms with van der Waals surface area (Å²) in [6.45, 7) is 0.915. The zero-order chi connectivity index (χ0) is 19.3. The molecule has 0 saturated carbocycles. The predicted octanol–water partition coefficient (Wildman–Crippen LogP) is 2.55. The molecule has 0 spiro atoms. The van der Waals surface area contributed by atoms with Gasteiger partial charge in [0, 0.05) is 32.7 Å². The summed E-state index contributed by atoms with van der Waals surface area (Å²) >= 11 is 0. The van der Waals surface area contributed by atoms with Crippen LogP contribution in [0.1, 0.15) is 23.5 Å². The van der Waals surface area contributed by atoms with E-state index in [4.69, 9.17) is 4.74 Å². The number of amides is 2. The number of ether oxygens (including phenoxy) is 1. The molecule has 1 heterocycles. The first-order chi connectivity index (χ1) is 12.2. The second-order valence-electron chi connectivity index (χ2n) is 6.22. The fourth-order valence-corrected chi connectivity index (χ4v) is 3.00. The van der Waals surface area contributed by atoms with Crippen molar-refractivity contribution in [2.75, 3.05) is 33.4 Å². The van der Waals surface area contributed by atoms with Gasteiger partial charge in [-0.2, -0.15) is 13.2 Å². The molecule has 6 nitrogen and oxygen atoms in total. The lowest BCUT2D eigenvalue weighted by Gasteiger charge is -2.36. The van der Waals surface area contributed by atoms with Crippen LogP contribution in [0.25, 0.3) is 0 Å². The fraction of sp³-hybridized carbons (Fsp3) is 0.529. The Bertz CT molecular complexity index is 634. The molecule has 1 saturated heterocycles. The molecule has 2 unspecified atom stereocenters. The van der Waals surface area contributed by atoms with Gasteiger partial charge in [-0.25, -0.2) is 4.79 Å². The number of carboxylic acid groups (broad SMARTS) is 1. The number of hydrogen-bond acceptors (Lipinski definition) is 3. The van der Waals surface area contributed by atoms with Gasteiger partial charge in [0.05, 0.1) is 18.1 Å². The number of nitrogens with zero attached hydrogens (tertiary/aromatic N) is 1. The van der Waals surface area contributed by atoms with Gasteiger partial charge in [-0.15, -0.1) is 0 Å². The van der Waals surface area contributed by atoms with Crippen LogP contribution in [-0.4, -0.2) is 55.4 Å². The topological polar surface area (TPSA) is 78.9 Å². The third-order valence-corrected chi connectivity index (χ3v) is 4.38. The first kappa shape index (κ1) is 20.0. The molecule has 1 aromatic rings. The van der Waals surface area contributed by atoms with Crippen molar-refractivity contribution in [3.05, 3.63) is 35.4 Å². The Morgan fingerprint density at radius 3 is 2.46 bits per heavy atom. The van der Waals surface area contributed by atoms with Gasteiger partial charge in [-0.1, -0.05) is 12.1 Å². The van der Waals surface area contributed by atoms with E-state index >= 15 is 0 Å². The summed E-state index contributed by atoms with van der Waals surface area (Å²) in [7, 11) is 1.49. The Balaban J connectivity index is 2.13. The highest BCUT2D eigenvalue weighted by molar-refractivity contribution is 5.76. The number of rotatable bonds is 5. The second kappa shape index (κ2) is 8.39. The minimum absolute atomic E-state index is 0.0608. The van der Waals surface area contributed by atoms with E-state index in [0.717, 1.165) is 12.1 Å². The largest absolute Gasteiger partial charge is 0.481 e. The standard InChI is InChI=1S/C17H21F3N2O4/c1-26-7-6-21-16(25)22-9-12(8-13(10-22)15(23)24)11-2-4-14(5-3-11)17(18,19)20/h2-5,12-13H,6-10H2,1H3,(H,21,25)(H,23,24). The minimum Gasteiger partial charge on any atom is -0.481 e. The quantitative estimate of drug-likeness (QED) is 0.777. The number of urea groups is 1. The zero-order valence-electron chi connectivity index (χ0n) is 14.3. The smallest absolute Gasteiger partial charge is 0.416 e. The third-order valence-electron chi connectivity index (χ3n) is 4.38. The van der Waals surface area contributed by atoms with E-state index in [1.165, 1.54) is 24.1 Å². The van der Waals surface area contributed by atoms with E-state index in [9.17, 15) is 27.9 Å². The average Bonchev–Trinajstić information content (AvgIpc) is 2.60. The summed E-state index contributed by atoms with van der Waals surface area (Å²) in [6, 6.07) is 4.23. The van der Waals surface area contributed by atoms with Gasteiger partial charge in [0.15, 0.2) is 0 Å². The molecular weight excluding hydrogens is 353 g/mol. The van der Waals surface area contributed by atoms with E-state index < -0.39 is 29.7 Å². The van der Waals surface area contributed by atoms with Crippen molar-refractivity contribution in [3.8, 4) is 0 Å². The number of alkyl halides is 3. The number of halogens is 3. The molecule has 9 heteroatoms. The van der Waals surface area contributed by atoms with Crippen LogP contribution in [0.3, 0.4) is 0 Å². The molecule has 144 valence electrons. The maximum atomic E-state index is 12.7. The Morgan fingerprint density at radius 2 is 1.92 bits per heavy atom. The van der Waals surface area contributed by atoms with E-state index in [-0.39, 0.29) is 32.0 Å². The van der Waals surface area contributed by atoms with Gasteiger partial charge in [0.1, 0.15) is 0 Å². The first-order valence-electron chi connectivity index (χ1n) is 8.14. The van der Waals surface area contributed by atoms with Crippen LogP contribution in [0.15, 0.2) is 24.3 Å². The molecule has 2 atom stereocenters. The van der Waals surface area contributed by atoms with Crippen LogP contribution in [0.2, 0.25) is 0 Å². The first-order valence-corrected chi connectivity index (χ1v) is 8.14. The molecule has 0 radical (unpaired) electrons. The number of methoxy groups -OCH3 is 1. The van der Waals surface area contributed by atoms with E-state index in [1.807, 2.05) is 0 Å². The van der Waals surface area contributed by atoms with Crippen molar-refractivity contribution in [2.45, 2.75) is 18.5 Å². The van der Waals surface area contributed by atoms with Crippen LogP contribution < -0.4 is 5.32 Å². The minimum atomic E-state index is -4.43. The molecule has 1 aliphatic heterocycles. The number of likely N-dealkylation sites (tertiary alicyclic amines) is 1. The normalized spacial score (nSPS) is 20.7. The average molecular weight is 374 g/mol. The number of benzene rings is 1. The number of aliphatic carboxylic acids is 1. The predicted molar refractivity (Wildman–Crippen MR) is 86.8 cm³/mol. The lowest BCUT2D eigenvalue weighted by atomic mass is 9.84. The molecule has 1 aromatic carbocycles.